The van der Waals surface area contributed by atoms with Crippen LogP contribution >= 0.6 is 11.8 Å². The number of amides is 1. The summed E-state index contributed by atoms with van der Waals surface area (Å²) >= 11 is 1.53. The Bertz CT molecular complexity index is 894. The minimum atomic E-state index is -3.71. The molecule has 0 aliphatic heterocycles. The zero-order chi connectivity index (χ0) is 19.5. The molecule has 0 aromatic heterocycles. The Balaban J connectivity index is 2.04. The summed E-state index contributed by atoms with van der Waals surface area (Å²) in [6, 6.07) is 12.3. The molecule has 7 heteroatoms. The molecule has 26 heavy (non-hydrogen) atoms. The third kappa shape index (κ3) is 5.09. The monoisotopic (exact) mass is 392 g/mol. The van der Waals surface area contributed by atoms with E-state index in [4.69, 9.17) is 5.14 Å². The molecule has 0 fully saturated rings. The maximum Gasteiger partial charge on any atom is 0.238 e. The molecule has 0 spiro atoms. The SMILES string of the molecule is Cc1ccc(C)c(SCC(=O)N(C)[C@@H](C)c2ccc(S(N)(=O)=O)cc2)c1. The van der Waals surface area contributed by atoms with Gasteiger partial charge in [0.05, 0.1) is 16.7 Å². The van der Waals surface area contributed by atoms with Crippen LogP contribution in [0.3, 0.4) is 0 Å². The van der Waals surface area contributed by atoms with Crippen molar-refractivity contribution in [3.63, 3.8) is 0 Å². The van der Waals surface area contributed by atoms with E-state index in [2.05, 4.69) is 18.2 Å². The molecule has 0 heterocycles. The zero-order valence-electron chi connectivity index (χ0n) is 15.4. The van der Waals surface area contributed by atoms with Gasteiger partial charge in [0.2, 0.25) is 15.9 Å². The quantitative estimate of drug-likeness (QED) is 0.765. The number of benzene rings is 2. The van der Waals surface area contributed by atoms with Gasteiger partial charge in [0.1, 0.15) is 0 Å². The van der Waals surface area contributed by atoms with E-state index >= 15 is 0 Å². The first-order chi connectivity index (χ1) is 12.1. The Kier molecular flexibility index (Phi) is 6.49. The molecule has 0 saturated heterocycles. The van der Waals surface area contributed by atoms with Crippen molar-refractivity contribution in [2.45, 2.75) is 36.6 Å². The van der Waals surface area contributed by atoms with Gasteiger partial charge in [0, 0.05) is 11.9 Å². The molecule has 2 N–H and O–H groups in total. The molecule has 0 aliphatic rings. The van der Waals surface area contributed by atoms with Crippen molar-refractivity contribution in [2.24, 2.45) is 5.14 Å². The number of nitrogens with two attached hydrogens (primary N) is 1. The third-order valence-corrected chi connectivity index (χ3v) is 6.43. The van der Waals surface area contributed by atoms with E-state index in [1.54, 1.807) is 24.1 Å². The smallest absolute Gasteiger partial charge is 0.238 e. The first-order valence-electron chi connectivity index (χ1n) is 8.18. The van der Waals surface area contributed by atoms with Gasteiger partial charge in [-0.15, -0.1) is 11.8 Å². The van der Waals surface area contributed by atoms with Gasteiger partial charge in [0.15, 0.2) is 0 Å². The Labute approximate surface area is 159 Å². The molecule has 2 aromatic rings. The Morgan fingerprint density at radius 2 is 1.77 bits per heavy atom. The Hall–Kier alpha value is -1.83. The van der Waals surface area contributed by atoms with Crippen LogP contribution in [0.1, 0.15) is 29.7 Å². The van der Waals surface area contributed by atoms with Crippen molar-refractivity contribution >= 4 is 27.7 Å². The summed E-state index contributed by atoms with van der Waals surface area (Å²) in [5.74, 6) is 0.361. The van der Waals surface area contributed by atoms with Crippen molar-refractivity contribution in [1.29, 1.82) is 0 Å². The van der Waals surface area contributed by atoms with Crippen LogP contribution in [0, 0.1) is 13.8 Å². The molecule has 1 amide bonds. The molecule has 0 aliphatic carbocycles. The first-order valence-corrected chi connectivity index (χ1v) is 10.7. The Morgan fingerprint density at radius 3 is 2.35 bits per heavy atom. The maximum atomic E-state index is 12.5. The first kappa shape index (κ1) is 20.5. The van der Waals surface area contributed by atoms with E-state index in [0.29, 0.717) is 5.75 Å². The highest BCUT2D eigenvalue weighted by atomic mass is 32.2. The molecule has 2 rings (SSSR count). The van der Waals surface area contributed by atoms with E-state index in [0.717, 1.165) is 16.0 Å². The molecule has 1 atom stereocenters. The summed E-state index contributed by atoms with van der Waals surface area (Å²) < 4.78 is 22.7. The summed E-state index contributed by atoms with van der Waals surface area (Å²) in [5, 5.41) is 5.11. The van der Waals surface area contributed by atoms with Crippen molar-refractivity contribution in [2.75, 3.05) is 12.8 Å². The molecular weight excluding hydrogens is 368 g/mol. The molecule has 0 unspecified atom stereocenters. The van der Waals surface area contributed by atoms with E-state index in [9.17, 15) is 13.2 Å². The van der Waals surface area contributed by atoms with Gasteiger partial charge < -0.3 is 4.90 Å². The summed E-state index contributed by atoms with van der Waals surface area (Å²) in [6.45, 7) is 5.97. The predicted octanol–water partition coefficient (Wildman–Crippen LogP) is 3.26. The number of rotatable bonds is 6. The topological polar surface area (TPSA) is 80.5 Å². The van der Waals surface area contributed by atoms with Crippen LogP contribution < -0.4 is 5.14 Å². The van der Waals surface area contributed by atoms with E-state index in [1.807, 2.05) is 20.8 Å². The second kappa shape index (κ2) is 8.24. The van der Waals surface area contributed by atoms with E-state index < -0.39 is 10.0 Å². The van der Waals surface area contributed by atoms with Crippen molar-refractivity contribution in [3.05, 3.63) is 59.2 Å². The largest absolute Gasteiger partial charge is 0.338 e. The second-order valence-corrected chi connectivity index (χ2v) is 8.93. The fraction of sp³-hybridized carbons (Fsp3) is 0.316. The fourth-order valence-electron chi connectivity index (χ4n) is 2.48. The van der Waals surface area contributed by atoms with Crippen LogP contribution in [0.5, 0.6) is 0 Å². The van der Waals surface area contributed by atoms with Crippen LogP contribution in [0.25, 0.3) is 0 Å². The number of primary sulfonamides is 1. The molecule has 0 saturated carbocycles. The van der Waals surface area contributed by atoms with Gasteiger partial charge in [-0.3, -0.25) is 4.79 Å². The number of hydrogen-bond acceptors (Lipinski definition) is 4. The lowest BCUT2D eigenvalue weighted by Crippen LogP contribution is -2.31. The minimum Gasteiger partial charge on any atom is -0.338 e. The molecule has 5 nitrogen and oxygen atoms in total. The number of nitrogens with zero attached hydrogens (tertiary/aromatic N) is 1. The highest BCUT2D eigenvalue weighted by Gasteiger charge is 2.18. The van der Waals surface area contributed by atoms with Crippen molar-refractivity contribution in [3.8, 4) is 0 Å². The fourth-order valence-corrected chi connectivity index (χ4v) is 4.04. The molecular formula is C19H24N2O3S2. The molecule has 140 valence electrons. The van der Waals surface area contributed by atoms with E-state index in [1.165, 1.54) is 29.5 Å². The lowest BCUT2D eigenvalue weighted by molar-refractivity contribution is -0.128. The van der Waals surface area contributed by atoms with Gasteiger partial charge in [-0.2, -0.15) is 0 Å². The van der Waals surface area contributed by atoms with Crippen LogP contribution in [-0.4, -0.2) is 32.0 Å². The zero-order valence-corrected chi connectivity index (χ0v) is 17.0. The highest BCUT2D eigenvalue weighted by molar-refractivity contribution is 8.00. The maximum absolute atomic E-state index is 12.5. The summed E-state index contributed by atoms with van der Waals surface area (Å²) in [4.78, 5) is 15.4. The number of thioether (sulfide) groups is 1. The van der Waals surface area contributed by atoms with Gasteiger partial charge in [-0.1, -0.05) is 29.8 Å². The molecule has 0 radical (unpaired) electrons. The van der Waals surface area contributed by atoms with Crippen molar-refractivity contribution in [1.82, 2.24) is 4.90 Å². The normalized spacial score (nSPS) is 12.7. The predicted molar refractivity (Wildman–Crippen MR) is 106 cm³/mol. The summed E-state index contributed by atoms with van der Waals surface area (Å²) in [5.41, 5.74) is 3.18. The number of aryl methyl sites for hydroxylation is 2. The molecule has 2 aromatic carbocycles. The number of carbonyl (C=O) groups excluding carboxylic acids is 1. The number of carbonyl (C=O) groups is 1. The van der Waals surface area contributed by atoms with Gasteiger partial charge in [-0.25, -0.2) is 13.6 Å². The van der Waals surface area contributed by atoms with Crippen LogP contribution in [0.15, 0.2) is 52.3 Å². The third-order valence-electron chi connectivity index (χ3n) is 4.36. The lowest BCUT2D eigenvalue weighted by Gasteiger charge is -2.25. The number of sulfonamides is 1. The lowest BCUT2D eigenvalue weighted by atomic mass is 10.1. The van der Waals surface area contributed by atoms with Gasteiger partial charge in [-0.05, 0) is 50.1 Å². The average Bonchev–Trinajstić information content (AvgIpc) is 2.60. The van der Waals surface area contributed by atoms with Gasteiger partial charge in [0.25, 0.3) is 0 Å². The summed E-state index contributed by atoms with van der Waals surface area (Å²) in [7, 11) is -1.96. The van der Waals surface area contributed by atoms with Gasteiger partial charge >= 0.3 is 0 Å². The van der Waals surface area contributed by atoms with Crippen LogP contribution in [-0.2, 0) is 14.8 Å². The van der Waals surface area contributed by atoms with Crippen LogP contribution in [0.4, 0.5) is 0 Å². The standard InChI is InChI=1S/C19H24N2O3S2/c1-13-5-6-14(2)18(11-13)25-12-19(22)21(4)15(3)16-7-9-17(10-8-16)26(20,23)24/h5-11,15H,12H2,1-4H3,(H2,20,23,24)/t15-/m0/s1. The number of hydrogen-bond donors (Lipinski definition) is 1. The van der Waals surface area contributed by atoms with Crippen LogP contribution in [0.2, 0.25) is 0 Å². The Morgan fingerprint density at radius 1 is 1.15 bits per heavy atom. The van der Waals surface area contributed by atoms with Crippen molar-refractivity contribution < 1.29 is 13.2 Å². The average molecular weight is 393 g/mol. The highest BCUT2D eigenvalue weighted by Crippen LogP contribution is 2.26. The second-order valence-electron chi connectivity index (χ2n) is 6.35. The minimum absolute atomic E-state index is 0.0129. The summed E-state index contributed by atoms with van der Waals surface area (Å²) in [6.07, 6.45) is 0. The molecule has 0 bridgehead atoms. The van der Waals surface area contributed by atoms with E-state index in [-0.39, 0.29) is 16.8 Å².